The second-order valence-electron chi connectivity index (χ2n) is 10.6. The van der Waals surface area contributed by atoms with Gasteiger partial charge in [-0.15, -0.1) is 0 Å². The van der Waals surface area contributed by atoms with Gasteiger partial charge in [-0.25, -0.2) is 0 Å². The number of benzene rings is 1. The molecular weight excluding hydrogens is 488 g/mol. The molecule has 0 saturated heterocycles. The number of phenolic OH excluding ortho intramolecular Hbond substituents is 1. The molecule has 1 aromatic carbocycles. The molecule has 1 saturated carbocycles. The van der Waals surface area contributed by atoms with Crippen LogP contribution in [-0.2, 0) is 40.9 Å². The molecule has 4 atom stereocenters. The number of nitrogens with one attached hydrogen (secondary N) is 1. The monoisotopic (exact) mass is 520 g/mol. The highest BCUT2D eigenvalue weighted by atomic mass is 16.3. The zero-order valence-corrected chi connectivity index (χ0v) is 21.6. The highest BCUT2D eigenvalue weighted by Gasteiger charge is 2.55. The van der Waals surface area contributed by atoms with Crippen LogP contribution in [0.2, 0.25) is 0 Å². The summed E-state index contributed by atoms with van der Waals surface area (Å²) in [6.45, 7) is 1.10. The van der Waals surface area contributed by atoms with Gasteiger partial charge in [0.05, 0.1) is 17.5 Å². The molecule has 1 heterocycles. The summed E-state index contributed by atoms with van der Waals surface area (Å²) >= 11 is 0. The van der Waals surface area contributed by atoms with Crippen LogP contribution >= 0.6 is 0 Å². The molecule has 0 radical (unpaired) electrons. The first kappa shape index (κ1) is 25.7. The van der Waals surface area contributed by atoms with Crippen LogP contribution in [-0.4, -0.2) is 62.4 Å². The Bertz CT molecular complexity index is 1420. The largest absolute Gasteiger partial charge is 0.510 e. The summed E-state index contributed by atoms with van der Waals surface area (Å²) in [4.78, 5) is 40.8. The summed E-state index contributed by atoms with van der Waals surface area (Å²) in [5.41, 5.74) is 7.84. The minimum absolute atomic E-state index is 0.0824. The van der Waals surface area contributed by atoms with Crippen molar-refractivity contribution in [3.63, 3.8) is 0 Å². The fraction of sp³-hybridized carbons (Fsp3) is 0.393. The number of aliphatic hydroxyl groups excluding tert-OH is 2. The van der Waals surface area contributed by atoms with Gasteiger partial charge >= 0.3 is 0 Å². The highest BCUT2D eigenvalue weighted by molar-refractivity contribution is 6.28. The lowest BCUT2D eigenvalue weighted by atomic mass is 9.59. The number of allylic oxidation sites excluding steroid dienone is 1. The highest BCUT2D eigenvalue weighted by Crippen LogP contribution is 2.50. The van der Waals surface area contributed by atoms with E-state index in [-0.39, 0.29) is 22.6 Å². The number of fused-ring (bicyclic) bond motifs is 3. The molecule has 1 amide bonds. The summed E-state index contributed by atoms with van der Waals surface area (Å²) < 4.78 is 2.02. The van der Waals surface area contributed by atoms with Crippen LogP contribution in [0.15, 0.2) is 47.4 Å². The molecule has 3 aliphatic rings. The number of Topliss-reactive ketones (excluding diaryl/α,β-unsaturated/α-hetero) is 2. The third-order valence-electron chi connectivity index (χ3n) is 8.22. The summed E-state index contributed by atoms with van der Waals surface area (Å²) in [5.74, 6) is -5.71. The van der Waals surface area contributed by atoms with E-state index in [1.807, 2.05) is 29.9 Å². The Labute approximate surface area is 220 Å². The van der Waals surface area contributed by atoms with Crippen molar-refractivity contribution < 1.29 is 29.7 Å². The van der Waals surface area contributed by atoms with E-state index < -0.39 is 52.6 Å². The number of primary amides is 1. The van der Waals surface area contributed by atoms with Gasteiger partial charge in [-0.2, -0.15) is 0 Å². The number of amides is 1. The van der Waals surface area contributed by atoms with Crippen LogP contribution < -0.4 is 11.1 Å². The molecular formula is C28H32N4O6. The number of carbonyl (C=O) groups is 3. The predicted molar refractivity (Wildman–Crippen MR) is 139 cm³/mol. The first-order valence-corrected chi connectivity index (χ1v) is 12.6. The lowest BCUT2D eigenvalue weighted by molar-refractivity contribution is -0.136. The first-order valence-electron chi connectivity index (χ1n) is 12.6. The number of aromatic hydroxyl groups is 1. The number of nitrogens with two attached hydrogens (primary N) is 1. The number of aromatic nitrogens is 1. The molecule has 2 aromatic rings. The van der Waals surface area contributed by atoms with E-state index in [0.717, 1.165) is 16.8 Å². The second kappa shape index (κ2) is 9.45. The zero-order chi connectivity index (χ0) is 27.5. The summed E-state index contributed by atoms with van der Waals surface area (Å²) in [5, 5.41) is 36.3. The van der Waals surface area contributed by atoms with Gasteiger partial charge in [0.15, 0.2) is 11.6 Å². The number of hydrogen-bond donors (Lipinski definition) is 5. The van der Waals surface area contributed by atoms with Gasteiger partial charge in [0.2, 0.25) is 0 Å². The molecule has 1 fully saturated rings. The summed E-state index contributed by atoms with van der Waals surface area (Å²) in [6, 6.07) is 6.52. The van der Waals surface area contributed by atoms with Gasteiger partial charge in [-0.1, -0.05) is 6.07 Å². The Hall–Kier alpha value is -3.89. The van der Waals surface area contributed by atoms with E-state index in [0.29, 0.717) is 25.9 Å². The Morgan fingerprint density at radius 3 is 2.50 bits per heavy atom. The second-order valence-corrected chi connectivity index (χ2v) is 10.6. The molecule has 5 rings (SSSR count). The van der Waals surface area contributed by atoms with Crippen LogP contribution in [0, 0.1) is 17.8 Å². The molecule has 38 heavy (non-hydrogen) atoms. The van der Waals surface area contributed by atoms with Gasteiger partial charge in [-0.3, -0.25) is 19.3 Å². The van der Waals surface area contributed by atoms with Crippen LogP contribution in [0.25, 0.3) is 5.76 Å². The Kier molecular flexibility index (Phi) is 6.40. The lowest BCUT2D eigenvalue weighted by Crippen LogP contribution is -2.55. The van der Waals surface area contributed by atoms with Crippen LogP contribution in [0.3, 0.4) is 0 Å². The van der Waals surface area contributed by atoms with Gasteiger partial charge in [0, 0.05) is 37.6 Å². The molecule has 1 aromatic heterocycles. The predicted octanol–water partition coefficient (Wildman–Crippen LogP) is 1.48. The van der Waals surface area contributed by atoms with Crippen molar-refractivity contribution in [2.45, 2.75) is 32.0 Å². The number of aliphatic hydroxyl groups is 2. The number of carbonyl (C=O) groups excluding carboxylic acids is 3. The molecule has 0 spiro atoms. The Morgan fingerprint density at radius 2 is 1.87 bits per heavy atom. The number of aryl methyl sites for hydroxylation is 1. The molecule has 0 bridgehead atoms. The number of likely N-dealkylation sites (N-methyl/N-ethyl adjacent to an activating group) is 1. The Morgan fingerprint density at radius 1 is 1.13 bits per heavy atom. The van der Waals surface area contributed by atoms with E-state index in [1.54, 1.807) is 25.1 Å². The third-order valence-corrected chi connectivity index (χ3v) is 8.22. The molecule has 1 unspecified atom stereocenters. The van der Waals surface area contributed by atoms with Crippen molar-refractivity contribution in [1.82, 2.24) is 14.8 Å². The van der Waals surface area contributed by atoms with E-state index in [1.165, 1.54) is 6.07 Å². The summed E-state index contributed by atoms with van der Waals surface area (Å²) in [6.07, 6.45) is 2.67. The van der Waals surface area contributed by atoms with Crippen molar-refractivity contribution in [3.8, 4) is 5.75 Å². The van der Waals surface area contributed by atoms with Crippen LogP contribution in [0.4, 0.5) is 0 Å². The van der Waals surface area contributed by atoms with Crippen molar-refractivity contribution >= 4 is 23.2 Å². The number of rotatable bonds is 6. The average molecular weight is 521 g/mol. The van der Waals surface area contributed by atoms with Crippen molar-refractivity contribution in [2.75, 3.05) is 14.1 Å². The van der Waals surface area contributed by atoms with Crippen LogP contribution in [0.5, 0.6) is 5.75 Å². The maximum atomic E-state index is 13.8. The van der Waals surface area contributed by atoms with Crippen molar-refractivity contribution in [2.24, 2.45) is 30.5 Å². The van der Waals surface area contributed by atoms with E-state index in [9.17, 15) is 29.7 Å². The molecule has 3 aliphatic carbocycles. The van der Waals surface area contributed by atoms with E-state index in [4.69, 9.17) is 5.73 Å². The molecule has 10 heteroatoms. The van der Waals surface area contributed by atoms with Gasteiger partial charge in [0.25, 0.3) is 5.91 Å². The normalized spacial score (nSPS) is 24.9. The standard InChI is InChI=1S/C28H32N4O6/c1-31(2)23-17-10-14-9-16-13(11-30-12-15-5-4-8-32(15)3)6-7-18(33)20(16)24(34)19(14)25(35)21(17)26(36)22(27(23)37)28(29)38/h4-8,14,17,21,23,30,33-34,37H,9-12H2,1-3H3,(H2,29,38)/t14-,17+,21?,23-/m0/s1. The summed E-state index contributed by atoms with van der Waals surface area (Å²) in [7, 11) is 5.36. The van der Waals surface area contributed by atoms with Gasteiger partial charge in [0.1, 0.15) is 22.8 Å². The smallest absolute Gasteiger partial charge is 0.255 e. The van der Waals surface area contributed by atoms with E-state index >= 15 is 0 Å². The number of hydrogen-bond acceptors (Lipinski definition) is 8. The van der Waals surface area contributed by atoms with Gasteiger partial charge < -0.3 is 30.9 Å². The van der Waals surface area contributed by atoms with Crippen LogP contribution in [0.1, 0.15) is 28.8 Å². The minimum atomic E-state index is -1.26. The SMILES string of the molecule is CN(C)[C@@H]1C(O)=C(C(N)=O)C(=O)C2C(=O)C3=C(O)c4c(O)ccc(CNCc5cccn5C)c4C[C@H]3C[C@H]21. The van der Waals surface area contributed by atoms with E-state index in [2.05, 4.69) is 5.32 Å². The van der Waals surface area contributed by atoms with Gasteiger partial charge in [-0.05, 0) is 68.1 Å². The maximum absolute atomic E-state index is 13.8. The minimum Gasteiger partial charge on any atom is -0.510 e. The molecule has 0 aliphatic heterocycles. The maximum Gasteiger partial charge on any atom is 0.255 e. The number of nitrogens with zero attached hydrogens (tertiary/aromatic N) is 2. The molecule has 200 valence electrons. The van der Waals surface area contributed by atoms with Crippen molar-refractivity contribution in [1.29, 1.82) is 0 Å². The Balaban J connectivity index is 1.53. The molecule has 10 nitrogen and oxygen atoms in total. The number of phenols is 1. The zero-order valence-electron chi connectivity index (χ0n) is 21.6. The van der Waals surface area contributed by atoms with Crippen molar-refractivity contribution in [3.05, 3.63) is 69.8 Å². The quantitative estimate of drug-likeness (QED) is 0.283. The lowest BCUT2D eigenvalue weighted by Gasteiger charge is -2.46. The average Bonchev–Trinajstić information content (AvgIpc) is 3.24. The fourth-order valence-electron chi connectivity index (χ4n) is 6.50. The molecule has 6 N–H and O–H groups in total. The number of ketones is 2. The third kappa shape index (κ3) is 3.91. The first-order chi connectivity index (χ1) is 18.0. The fourth-order valence-corrected chi connectivity index (χ4v) is 6.50. The topological polar surface area (TPSA) is 158 Å².